The minimum Gasteiger partial charge on any atom is -0.493 e. The van der Waals surface area contributed by atoms with Gasteiger partial charge in [-0.05, 0) is 73.6 Å². The van der Waals surface area contributed by atoms with Gasteiger partial charge in [-0.15, -0.1) is 0 Å². The molecule has 2 saturated heterocycles. The quantitative estimate of drug-likeness (QED) is 0.170. The van der Waals surface area contributed by atoms with E-state index in [2.05, 4.69) is 16.8 Å². The number of hydrogen-bond acceptors (Lipinski definition) is 9. The molecule has 0 atom stereocenters. The Labute approximate surface area is 256 Å². The predicted molar refractivity (Wildman–Crippen MR) is 172 cm³/mol. The van der Waals surface area contributed by atoms with Gasteiger partial charge >= 0.3 is 0 Å². The molecule has 0 saturated carbocycles. The van der Waals surface area contributed by atoms with Gasteiger partial charge in [0.1, 0.15) is 17.2 Å². The zero-order chi connectivity index (χ0) is 29.7. The molecule has 11 heteroatoms. The van der Waals surface area contributed by atoms with Crippen molar-refractivity contribution in [2.24, 2.45) is 0 Å². The second-order valence-corrected chi connectivity index (χ2v) is 14.0. The van der Waals surface area contributed by atoms with E-state index in [-0.39, 0.29) is 10.8 Å². The highest BCUT2D eigenvalue weighted by atomic mass is 32.2. The number of rotatable bonds is 10. The molecule has 2 fully saturated rings. The molecule has 3 aromatic carbocycles. The normalized spacial score (nSPS) is 17.7. The summed E-state index contributed by atoms with van der Waals surface area (Å²) in [5.74, 6) is 1.65. The van der Waals surface area contributed by atoms with Crippen molar-refractivity contribution in [3.8, 4) is 17.2 Å². The summed E-state index contributed by atoms with van der Waals surface area (Å²) in [7, 11) is -1.11. The predicted octanol–water partition coefficient (Wildman–Crippen LogP) is 5.30. The molecule has 3 aromatic rings. The van der Waals surface area contributed by atoms with E-state index in [1.54, 1.807) is 29.2 Å². The summed E-state index contributed by atoms with van der Waals surface area (Å²) in [5.41, 5.74) is 1.51. The van der Waals surface area contributed by atoms with Crippen LogP contribution in [0.1, 0.15) is 12.0 Å². The minimum absolute atomic E-state index is 0.177. The molecule has 2 aliphatic rings. The Morgan fingerprint density at radius 1 is 0.929 bits per heavy atom. The highest BCUT2D eigenvalue weighted by Crippen LogP contribution is 2.37. The summed E-state index contributed by atoms with van der Waals surface area (Å²) >= 11 is 6.83. The van der Waals surface area contributed by atoms with Gasteiger partial charge in [0.15, 0.2) is 14.2 Å². The smallest absolute Gasteiger partial charge is 0.270 e. The third-order valence-corrected chi connectivity index (χ3v) is 9.45. The molecule has 0 N–H and O–H groups in total. The minimum atomic E-state index is -3.26. The van der Waals surface area contributed by atoms with Gasteiger partial charge in [0, 0.05) is 45.0 Å². The van der Waals surface area contributed by atoms with Crippen molar-refractivity contribution in [1.82, 2.24) is 9.80 Å². The summed E-state index contributed by atoms with van der Waals surface area (Å²) in [6.07, 6.45) is 3.92. The SMILES string of the molecule is CN1CCN(CCCOc2cccc(N3C(=O)C(=Cc4ccc(Oc5ccc(S(C)(=O)=O)cc5)cc4)SC3=S)c2)CC1. The molecular formula is C31H33N3O5S3. The van der Waals surface area contributed by atoms with Crippen molar-refractivity contribution >= 4 is 55.8 Å². The number of ether oxygens (including phenoxy) is 2. The van der Waals surface area contributed by atoms with Crippen LogP contribution in [0.2, 0.25) is 0 Å². The van der Waals surface area contributed by atoms with E-state index in [0.29, 0.717) is 38.8 Å². The number of carbonyl (C=O) groups is 1. The first-order chi connectivity index (χ1) is 20.2. The molecule has 1 amide bonds. The van der Waals surface area contributed by atoms with Crippen LogP contribution in [0.5, 0.6) is 17.2 Å². The summed E-state index contributed by atoms with van der Waals surface area (Å²) in [6, 6.07) is 21.0. The van der Waals surface area contributed by atoms with Crippen LogP contribution in [0.3, 0.4) is 0 Å². The van der Waals surface area contributed by atoms with Crippen molar-refractivity contribution in [2.75, 3.05) is 57.5 Å². The Morgan fingerprint density at radius 2 is 1.60 bits per heavy atom. The molecule has 0 unspecified atom stereocenters. The van der Waals surface area contributed by atoms with Gasteiger partial charge in [0.05, 0.1) is 22.1 Å². The Bertz CT molecular complexity index is 1570. The van der Waals surface area contributed by atoms with Crippen LogP contribution in [0.4, 0.5) is 5.69 Å². The molecule has 2 heterocycles. The molecule has 42 heavy (non-hydrogen) atoms. The lowest BCUT2D eigenvalue weighted by Crippen LogP contribution is -2.44. The third kappa shape index (κ3) is 7.78. The highest BCUT2D eigenvalue weighted by molar-refractivity contribution is 8.27. The Kier molecular flexibility index (Phi) is 9.64. The van der Waals surface area contributed by atoms with E-state index in [0.717, 1.165) is 44.7 Å². The van der Waals surface area contributed by atoms with Crippen LogP contribution in [0.15, 0.2) is 82.6 Å². The average Bonchev–Trinajstić information content (AvgIpc) is 3.25. The number of nitrogens with zero attached hydrogens (tertiary/aromatic N) is 3. The van der Waals surface area contributed by atoms with Crippen LogP contribution < -0.4 is 14.4 Å². The molecule has 5 rings (SSSR count). The van der Waals surface area contributed by atoms with Gasteiger partial charge in [0.2, 0.25) is 0 Å². The second kappa shape index (κ2) is 13.4. The molecule has 2 aliphatic heterocycles. The number of anilines is 1. The second-order valence-electron chi connectivity index (χ2n) is 10.3. The number of likely N-dealkylation sites (N-methyl/N-ethyl adjacent to an activating group) is 1. The fraction of sp³-hybridized carbons (Fsp3) is 0.290. The van der Waals surface area contributed by atoms with Crippen molar-refractivity contribution in [2.45, 2.75) is 11.3 Å². The van der Waals surface area contributed by atoms with Crippen molar-refractivity contribution < 1.29 is 22.7 Å². The molecule has 220 valence electrons. The van der Waals surface area contributed by atoms with Gasteiger partial charge in [-0.3, -0.25) is 9.69 Å². The van der Waals surface area contributed by atoms with Crippen LogP contribution >= 0.6 is 24.0 Å². The largest absolute Gasteiger partial charge is 0.493 e. The van der Waals surface area contributed by atoms with E-state index in [4.69, 9.17) is 21.7 Å². The fourth-order valence-electron chi connectivity index (χ4n) is 4.63. The number of piperazine rings is 1. The molecule has 0 radical (unpaired) electrons. The first-order valence-corrected chi connectivity index (χ1v) is 16.8. The highest BCUT2D eigenvalue weighted by Gasteiger charge is 2.33. The van der Waals surface area contributed by atoms with Crippen molar-refractivity contribution in [1.29, 1.82) is 0 Å². The average molecular weight is 624 g/mol. The molecule has 8 nitrogen and oxygen atoms in total. The molecule has 0 spiro atoms. The zero-order valence-corrected chi connectivity index (χ0v) is 26.0. The van der Waals surface area contributed by atoms with Crippen LogP contribution in [0.25, 0.3) is 6.08 Å². The van der Waals surface area contributed by atoms with Crippen molar-refractivity contribution in [3.63, 3.8) is 0 Å². The topological polar surface area (TPSA) is 79.4 Å². The van der Waals surface area contributed by atoms with Gasteiger partial charge in [-0.1, -0.05) is 42.2 Å². The monoisotopic (exact) mass is 623 g/mol. The maximum absolute atomic E-state index is 13.3. The number of amides is 1. The lowest BCUT2D eigenvalue weighted by Gasteiger charge is -2.32. The van der Waals surface area contributed by atoms with Gasteiger partial charge in [0.25, 0.3) is 5.91 Å². The number of hydrogen-bond donors (Lipinski definition) is 0. The van der Waals surface area contributed by atoms with E-state index < -0.39 is 9.84 Å². The lowest BCUT2D eigenvalue weighted by atomic mass is 10.2. The molecule has 0 bridgehead atoms. The molecule has 0 aromatic heterocycles. The first kappa shape index (κ1) is 30.2. The fourth-order valence-corrected chi connectivity index (χ4v) is 6.56. The summed E-state index contributed by atoms with van der Waals surface area (Å²) < 4.78 is 35.6. The first-order valence-electron chi connectivity index (χ1n) is 13.7. The van der Waals surface area contributed by atoms with E-state index in [9.17, 15) is 13.2 Å². The Balaban J connectivity index is 1.17. The number of carbonyl (C=O) groups excluding carboxylic acids is 1. The Morgan fingerprint density at radius 3 is 2.26 bits per heavy atom. The van der Waals surface area contributed by atoms with E-state index >= 15 is 0 Å². The van der Waals surface area contributed by atoms with E-state index in [1.807, 2.05) is 42.5 Å². The summed E-state index contributed by atoms with van der Waals surface area (Å²) in [4.78, 5) is 20.5. The van der Waals surface area contributed by atoms with Crippen molar-refractivity contribution in [3.05, 3.63) is 83.3 Å². The van der Waals surface area contributed by atoms with Crippen LogP contribution in [0, 0.1) is 0 Å². The number of thioether (sulfide) groups is 1. The van der Waals surface area contributed by atoms with Gasteiger partial charge in [-0.25, -0.2) is 8.42 Å². The zero-order valence-electron chi connectivity index (χ0n) is 23.6. The summed E-state index contributed by atoms with van der Waals surface area (Å²) in [6.45, 7) is 6.02. The van der Waals surface area contributed by atoms with E-state index in [1.165, 1.54) is 30.2 Å². The molecule has 0 aliphatic carbocycles. The third-order valence-electron chi connectivity index (χ3n) is 7.02. The number of benzene rings is 3. The standard InChI is InChI=1S/C31H33N3O5S3/c1-32-16-18-33(19-17-32)15-4-20-38-27-6-3-5-24(22-27)34-30(35)29(41-31(34)40)21-23-7-9-25(10-8-23)39-26-11-13-28(14-12-26)42(2,36)37/h3,5-14,21-22H,4,15-20H2,1-2H3. The van der Waals surface area contributed by atoms with Gasteiger partial charge in [-0.2, -0.15) is 0 Å². The van der Waals surface area contributed by atoms with Crippen LogP contribution in [-0.2, 0) is 14.6 Å². The Hall–Kier alpha value is -3.22. The maximum Gasteiger partial charge on any atom is 0.270 e. The van der Waals surface area contributed by atoms with Gasteiger partial charge < -0.3 is 19.3 Å². The lowest BCUT2D eigenvalue weighted by molar-refractivity contribution is -0.113. The summed E-state index contributed by atoms with van der Waals surface area (Å²) in [5, 5.41) is 0. The molecular weight excluding hydrogens is 591 g/mol. The maximum atomic E-state index is 13.3. The number of sulfone groups is 1. The van der Waals surface area contributed by atoms with Crippen LogP contribution in [-0.4, -0.2) is 81.1 Å². The number of thiocarbonyl (C=S) groups is 1.